The number of hydrogen-bond acceptors (Lipinski definition) is 3. The van der Waals surface area contributed by atoms with Crippen molar-refractivity contribution in [1.29, 1.82) is 0 Å². The van der Waals surface area contributed by atoms with Crippen LogP contribution >= 0.6 is 7.60 Å². The average Bonchev–Trinajstić information content (AvgIpc) is 2.98. The third kappa shape index (κ3) is 5.11. The summed E-state index contributed by atoms with van der Waals surface area (Å²) >= 11 is 0. The van der Waals surface area contributed by atoms with Crippen LogP contribution in [0, 0.1) is 5.41 Å². The molecule has 0 unspecified atom stereocenters. The van der Waals surface area contributed by atoms with Crippen LogP contribution in [0.2, 0.25) is 0 Å². The zero-order valence-electron chi connectivity index (χ0n) is 11.5. The van der Waals surface area contributed by atoms with Crippen molar-refractivity contribution in [2.75, 3.05) is 19.4 Å². The molecule has 0 saturated heterocycles. The predicted octanol–water partition coefficient (Wildman–Crippen LogP) is 4.61. The fourth-order valence-corrected chi connectivity index (χ4v) is 4.69. The van der Waals surface area contributed by atoms with Crippen molar-refractivity contribution in [3.8, 4) is 0 Å². The molecule has 1 rings (SSSR count). The summed E-state index contributed by atoms with van der Waals surface area (Å²) in [6.45, 7) is 6.92. The van der Waals surface area contributed by atoms with Crippen LogP contribution in [0.4, 0.5) is 0 Å². The molecule has 1 fully saturated rings. The van der Waals surface area contributed by atoms with Gasteiger partial charge in [-0.25, -0.2) is 0 Å². The van der Waals surface area contributed by atoms with Crippen molar-refractivity contribution in [2.24, 2.45) is 5.41 Å². The highest BCUT2D eigenvalue weighted by Crippen LogP contribution is 2.62. The van der Waals surface area contributed by atoms with Gasteiger partial charge < -0.3 is 9.05 Å². The molecular formula is C13H27O3P. The number of rotatable bonds is 10. The second-order valence-corrected chi connectivity index (χ2v) is 7.12. The second kappa shape index (κ2) is 6.92. The maximum absolute atomic E-state index is 12.5. The monoisotopic (exact) mass is 262 g/mol. The topological polar surface area (TPSA) is 35.5 Å². The molecule has 1 saturated carbocycles. The lowest BCUT2D eigenvalue weighted by Gasteiger charge is -2.22. The Bertz CT molecular complexity index is 251. The highest BCUT2D eigenvalue weighted by atomic mass is 31.2. The fraction of sp³-hybridized carbons (Fsp3) is 1.00. The van der Waals surface area contributed by atoms with Crippen LogP contribution in [-0.4, -0.2) is 19.4 Å². The van der Waals surface area contributed by atoms with Gasteiger partial charge in [0.25, 0.3) is 0 Å². The molecule has 4 heteroatoms. The van der Waals surface area contributed by atoms with E-state index in [0.717, 1.165) is 0 Å². The quantitative estimate of drug-likeness (QED) is 0.426. The van der Waals surface area contributed by atoms with Crippen molar-refractivity contribution < 1.29 is 13.6 Å². The molecule has 0 heterocycles. The summed E-state index contributed by atoms with van der Waals surface area (Å²) in [6.07, 6.45) is 7.97. The van der Waals surface area contributed by atoms with Gasteiger partial charge in [0.15, 0.2) is 0 Å². The molecule has 0 radical (unpaired) electrons. The van der Waals surface area contributed by atoms with Crippen LogP contribution in [0.3, 0.4) is 0 Å². The fourth-order valence-electron chi connectivity index (χ4n) is 2.35. The molecule has 3 nitrogen and oxygen atoms in total. The second-order valence-electron chi connectivity index (χ2n) is 5.06. The summed E-state index contributed by atoms with van der Waals surface area (Å²) in [5, 5.41) is 0. The van der Waals surface area contributed by atoms with Crippen molar-refractivity contribution in [1.82, 2.24) is 0 Å². The van der Waals surface area contributed by atoms with E-state index in [1.165, 1.54) is 38.5 Å². The lowest BCUT2D eigenvalue weighted by atomic mass is 10.0. The summed E-state index contributed by atoms with van der Waals surface area (Å²) in [7, 11) is -2.83. The predicted molar refractivity (Wildman–Crippen MR) is 71.5 cm³/mol. The summed E-state index contributed by atoms with van der Waals surface area (Å²) in [5.74, 6) is 0. The highest BCUT2D eigenvalue weighted by molar-refractivity contribution is 7.53. The lowest BCUT2D eigenvalue weighted by molar-refractivity contribution is 0.213. The molecule has 1 aliphatic carbocycles. The van der Waals surface area contributed by atoms with Crippen molar-refractivity contribution in [3.05, 3.63) is 0 Å². The van der Waals surface area contributed by atoms with Crippen molar-refractivity contribution >= 4 is 7.60 Å². The van der Waals surface area contributed by atoms with E-state index in [1.54, 1.807) is 0 Å². The first-order valence-electron chi connectivity index (χ1n) is 6.98. The molecule has 0 bridgehead atoms. The summed E-state index contributed by atoms with van der Waals surface area (Å²) in [6, 6.07) is 0. The molecule has 0 N–H and O–H groups in total. The van der Waals surface area contributed by atoms with E-state index >= 15 is 0 Å². The Morgan fingerprint density at radius 1 is 1.06 bits per heavy atom. The normalized spacial score (nSPS) is 18.3. The molecule has 0 spiro atoms. The molecule has 0 aliphatic heterocycles. The zero-order chi connectivity index (χ0) is 12.8. The number of hydrogen-bond donors (Lipinski definition) is 0. The molecule has 17 heavy (non-hydrogen) atoms. The van der Waals surface area contributed by atoms with Gasteiger partial charge in [0, 0.05) is 0 Å². The molecule has 0 amide bonds. The Labute approximate surface area is 106 Å². The highest BCUT2D eigenvalue weighted by Gasteiger charge is 2.48. The van der Waals surface area contributed by atoms with E-state index in [-0.39, 0.29) is 5.41 Å². The Morgan fingerprint density at radius 3 is 2.06 bits per heavy atom. The van der Waals surface area contributed by atoms with Gasteiger partial charge in [0.05, 0.1) is 19.4 Å². The lowest BCUT2D eigenvalue weighted by Crippen LogP contribution is -2.11. The van der Waals surface area contributed by atoms with Crippen LogP contribution in [0.5, 0.6) is 0 Å². The smallest absolute Gasteiger partial charge is 0.309 e. The summed E-state index contributed by atoms with van der Waals surface area (Å²) in [4.78, 5) is 0. The van der Waals surface area contributed by atoms with E-state index < -0.39 is 7.60 Å². The standard InChI is InChI=1S/C13H27O3P/c1-4-7-8-9-13(10-11-13)12-17(14,15-5-2)16-6-3/h4-12H2,1-3H3. The molecule has 102 valence electrons. The van der Waals surface area contributed by atoms with Crippen LogP contribution in [-0.2, 0) is 13.6 Å². The zero-order valence-corrected chi connectivity index (χ0v) is 12.4. The third-order valence-electron chi connectivity index (χ3n) is 3.45. The Balaban J connectivity index is 2.46. The van der Waals surface area contributed by atoms with Crippen LogP contribution in [0.15, 0.2) is 0 Å². The van der Waals surface area contributed by atoms with Crippen molar-refractivity contribution in [3.63, 3.8) is 0 Å². The molecule has 0 aromatic rings. The Hall–Kier alpha value is 0.150. The maximum Gasteiger partial charge on any atom is 0.331 e. The molecule has 0 aromatic carbocycles. The van der Waals surface area contributed by atoms with Gasteiger partial charge in [0.1, 0.15) is 0 Å². The van der Waals surface area contributed by atoms with Crippen LogP contribution < -0.4 is 0 Å². The van der Waals surface area contributed by atoms with E-state index in [1.807, 2.05) is 13.8 Å². The largest absolute Gasteiger partial charge is 0.331 e. The van der Waals surface area contributed by atoms with Crippen LogP contribution in [0.1, 0.15) is 59.3 Å². The molecular weight excluding hydrogens is 235 g/mol. The van der Waals surface area contributed by atoms with Gasteiger partial charge in [-0.3, -0.25) is 4.57 Å². The van der Waals surface area contributed by atoms with Gasteiger partial charge in [-0.05, 0) is 38.5 Å². The summed E-state index contributed by atoms with van der Waals surface area (Å²) < 4.78 is 23.2. The van der Waals surface area contributed by atoms with E-state index in [0.29, 0.717) is 19.4 Å². The van der Waals surface area contributed by atoms with Gasteiger partial charge in [-0.1, -0.05) is 26.2 Å². The minimum Gasteiger partial charge on any atom is -0.309 e. The SMILES string of the molecule is CCCCCC1(CP(=O)(OCC)OCC)CC1. The van der Waals surface area contributed by atoms with E-state index in [2.05, 4.69) is 6.92 Å². The minimum absolute atomic E-state index is 0.273. The van der Waals surface area contributed by atoms with Gasteiger partial charge in [0.2, 0.25) is 0 Å². The minimum atomic E-state index is -2.83. The Kier molecular flexibility index (Phi) is 6.19. The van der Waals surface area contributed by atoms with Gasteiger partial charge in [-0.15, -0.1) is 0 Å². The van der Waals surface area contributed by atoms with E-state index in [4.69, 9.17) is 9.05 Å². The first-order chi connectivity index (χ1) is 8.10. The summed E-state index contributed by atoms with van der Waals surface area (Å²) in [5.41, 5.74) is 0.273. The van der Waals surface area contributed by atoms with E-state index in [9.17, 15) is 4.57 Å². The first-order valence-corrected chi connectivity index (χ1v) is 8.70. The third-order valence-corrected chi connectivity index (χ3v) is 5.81. The van der Waals surface area contributed by atoms with Crippen molar-refractivity contribution in [2.45, 2.75) is 59.3 Å². The molecule has 0 aromatic heterocycles. The number of unbranched alkanes of at least 4 members (excludes halogenated alkanes) is 2. The average molecular weight is 262 g/mol. The molecule has 1 aliphatic rings. The first kappa shape index (κ1) is 15.2. The van der Waals surface area contributed by atoms with Crippen LogP contribution in [0.25, 0.3) is 0 Å². The van der Waals surface area contributed by atoms with Gasteiger partial charge >= 0.3 is 7.60 Å². The van der Waals surface area contributed by atoms with Gasteiger partial charge in [-0.2, -0.15) is 0 Å². The molecule has 0 atom stereocenters. The maximum atomic E-state index is 12.5. The Morgan fingerprint density at radius 2 is 1.65 bits per heavy atom.